The highest BCUT2D eigenvalue weighted by Gasteiger charge is 2.16. The molecule has 0 bridgehead atoms. The Morgan fingerprint density at radius 2 is 1.79 bits per heavy atom. The molecule has 1 aromatic heterocycles. The lowest BCUT2D eigenvalue weighted by molar-refractivity contribution is -0.384. The number of benzene rings is 2. The van der Waals surface area contributed by atoms with Crippen molar-refractivity contribution in [2.45, 2.75) is 0 Å². The Morgan fingerprint density at radius 3 is 2.48 bits per heavy atom. The summed E-state index contributed by atoms with van der Waals surface area (Å²) in [5, 5.41) is 16.7. The number of carbonyl (C=O) groups excluding carboxylic acids is 1. The Labute approximate surface area is 196 Å². The van der Waals surface area contributed by atoms with Crippen molar-refractivity contribution in [3.8, 4) is 11.3 Å². The number of nitro benzene ring substituents is 1. The summed E-state index contributed by atoms with van der Waals surface area (Å²) < 4.78 is 5.58. The summed E-state index contributed by atoms with van der Waals surface area (Å²) in [5.41, 5.74) is 2.35. The van der Waals surface area contributed by atoms with Crippen LogP contribution in [0.15, 0.2) is 65.1 Å². The highest BCUT2D eigenvalue weighted by molar-refractivity contribution is 7.80. The molecule has 2 aromatic carbocycles. The van der Waals surface area contributed by atoms with E-state index in [0.29, 0.717) is 11.3 Å². The molecule has 3 aromatic rings. The number of thiocarbonyl (C=S) groups is 1. The van der Waals surface area contributed by atoms with Crippen LogP contribution in [0.2, 0.25) is 0 Å². The van der Waals surface area contributed by atoms with Crippen molar-refractivity contribution in [2.75, 3.05) is 43.4 Å². The normalized spacial score (nSPS) is 14.0. The van der Waals surface area contributed by atoms with Gasteiger partial charge in [-0.3, -0.25) is 20.2 Å². The minimum atomic E-state index is -0.516. The summed E-state index contributed by atoms with van der Waals surface area (Å²) in [7, 11) is 2.12. The summed E-state index contributed by atoms with van der Waals surface area (Å²) in [4.78, 5) is 27.6. The van der Waals surface area contributed by atoms with Crippen LogP contribution in [0.4, 0.5) is 17.1 Å². The van der Waals surface area contributed by atoms with Gasteiger partial charge in [0.2, 0.25) is 0 Å². The van der Waals surface area contributed by atoms with Crippen LogP contribution in [0, 0.1) is 10.1 Å². The molecule has 1 aliphatic heterocycles. The predicted molar refractivity (Wildman–Crippen MR) is 131 cm³/mol. The zero-order chi connectivity index (χ0) is 23.4. The Morgan fingerprint density at radius 1 is 1.06 bits per heavy atom. The number of nitro groups is 1. The third-order valence-electron chi connectivity index (χ3n) is 5.39. The van der Waals surface area contributed by atoms with E-state index < -0.39 is 10.8 Å². The van der Waals surface area contributed by atoms with E-state index in [2.05, 4.69) is 27.5 Å². The van der Waals surface area contributed by atoms with E-state index in [1.165, 1.54) is 18.2 Å². The lowest BCUT2D eigenvalue weighted by atomic mass is 10.1. The van der Waals surface area contributed by atoms with Crippen molar-refractivity contribution in [2.24, 2.45) is 0 Å². The first-order valence-corrected chi connectivity index (χ1v) is 10.8. The lowest BCUT2D eigenvalue weighted by Gasteiger charge is -2.34. The number of non-ortho nitro benzene ring substituents is 1. The maximum absolute atomic E-state index is 12.5. The second-order valence-corrected chi connectivity index (χ2v) is 8.13. The largest absolute Gasteiger partial charge is 0.451 e. The Balaban J connectivity index is 1.34. The molecule has 2 heterocycles. The van der Waals surface area contributed by atoms with Gasteiger partial charge in [0.1, 0.15) is 5.76 Å². The Hall–Kier alpha value is -3.76. The maximum Gasteiger partial charge on any atom is 0.293 e. The molecule has 1 fully saturated rings. The quantitative estimate of drug-likeness (QED) is 0.334. The van der Waals surface area contributed by atoms with Gasteiger partial charge >= 0.3 is 0 Å². The van der Waals surface area contributed by atoms with Gasteiger partial charge in [0.25, 0.3) is 11.6 Å². The number of amides is 1. The van der Waals surface area contributed by atoms with Gasteiger partial charge in [-0.05, 0) is 55.7 Å². The first kappa shape index (κ1) is 22.4. The van der Waals surface area contributed by atoms with E-state index in [1.54, 1.807) is 18.2 Å². The number of furan rings is 1. The average molecular weight is 466 g/mol. The van der Waals surface area contributed by atoms with Crippen LogP contribution < -0.4 is 15.5 Å². The van der Waals surface area contributed by atoms with Crippen molar-refractivity contribution in [1.29, 1.82) is 0 Å². The highest BCUT2D eigenvalue weighted by Crippen LogP contribution is 2.26. The minimum Gasteiger partial charge on any atom is -0.451 e. The van der Waals surface area contributed by atoms with E-state index >= 15 is 0 Å². The third kappa shape index (κ3) is 5.54. The molecule has 1 aliphatic rings. The molecule has 170 valence electrons. The van der Waals surface area contributed by atoms with Gasteiger partial charge < -0.3 is 19.5 Å². The molecule has 0 saturated carbocycles. The van der Waals surface area contributed by atoms with Gasteiger partial charge in [0.05, 0.1) is 4.92 Å². The number of carbonyl (C=O) groups is 1. The number of rotatable bonds is 5. The second kappa shape index (κ2) is 9.80. The highest BCUT2D eigenvalue weighted by atomic mass is 32.1. The number of nitrogens with one attached hydrogen (secondary N) is 2. The Bertz CT molecular complexity index is 1170. The summed E-state index contributed by atoms with van der Waals surface area (Å²) in [6.45, 7) is 4.04. The van der Waals surface area contributed by atoms with Crippen LogP contribution in [0.1, 0.15) is 10.6 Å². The number of hydrogen-bond acceptors (Lipinski definition) is 7. The fourth-order valence-electron chi connectivity index (χ4n) is 3.54. The van der Waals surface area contributed by atoms with E-state index in [4.69, 9.17) is 16.6 Å². The number of likely N-dealkylation sites (N-methyl/N-ethyl adjacent to an activating group) is 1. The molecular formula is C23H23N5O4S. The van der Waals surface area contributed by atoms with E-state index in [1.807, 2.05) is 24.3 Å². The van der Waals surface area contributed by atoms with Crippen molar-refractivity contribution in [3.63, 3.8) is 0 Å². The van der Waals surface area contributed by atoms with Gasteiger partial charge in [-0.1, -0.05) is 12.1 Å². The molecule has 0 atom stereocenters. The van der Waals surface area contributed by atoms with Crippen molar-refractivity contribution in [1.82, 2.24) is 10.2 Å². The van der Waals surface area contributed by atoms with Gasteiger partial charge in [0, 0.05) is 55.2 Å². The number of anilines is 2. The molecule has 0 aliphatic carbocycles. The fourth-order valence-corrected chi connectivity index (χ4v) is 3.75. The van der Waals surface area contributed by atoms with Crippen molar-refractivity contribution in [3.05, 3.63) is 76.5 Å². The molecule has 1 saturated heterocycles. The topological polar surface area (TPSA) is 104 Å². The molecule has 0 spiro atoms. The molecule has 33 heavy (non-hydrogen) atoms. The van der Waals surface area contributed by atoms with Crippen LogP contribution in [-0.2, 0) is 0 Å². The van der Waals surface area contributed by atoms with Gasteiger partial charge in [-0.15, -0.1) is 0 Å². The Kier molecular flexibility index (Phi) is 6.66. The van der Waals surface area contributed by atoms with E-state index in [-0.39, 0.29) is 16.6 Å². The zero-order valence-corrected chi connectivity index (χ0v) is 18.8. The number of piperazine rings is 1. The predicted octanol–water partition coefficient (Wildman–Crippen LogP) is 3.73. The number of hydrogen-bond donors (Lipinski definition) is 2. The average Bonchev–Trinajstić information content (AvgIpc) is 3.31. The standard InChI is InChI=1S/C23H23N5O4S/c1-26-11-13-27(14-12-26)18-7-5-17(6-8-18)24-23(33)25-22(29)21-10-9-20(32-21)16-3-2-4-19(15-16)28(30)31/h2-10,15H,11-14H2,1H3,(H2,24,25,29,33). The van der Waals surface area contributed by atoms with Gasteiger partial charge in [0.15, 0.2) is 10.9 Å². The lowest BCUT2D eigenvalue weighted by Crippen LogP contribution is -2.44. The first-order chi connectivity index (χ1) is 15.9. The number of nitrogens with zero attached hydrogens (tertiary/aromatic N) is 3. The zero-order valence-electron chi connectivity index (χ0n) is 18.0. The molecule has 0 radical (unpaired) electrons. The molecular weight excluding hydrogens is 442 g/mol. The summed E-state index contributed by atoms with van der Waals surface area (Å²) in [6, 6.07) is 17.0. The molecule has 10 heteroatoms. The van der Waals surface area contributed by atoms with Crippen LogP contribution in [0.3, 0.4) is 0 Å². The molecule has 1 amide bonds. The van der Waals surface area contributed by atoms with Crippen LogP contribution >= 0.6 is 12.2 Å². The van der Waals surface area contributed by atoms with Crippen LogP contribution in [0.25, 0.3) is 11.3 Å². The summed E-state index contributed by atoms with van der Waals surface area (Å²) >= 11 is 5.25. The van der Waals surface area contributed by atoms with Crippen molar-refractivity contribution < 1.29 is 14.1 Å². The minimum absolute atomic E-state index is 0.0473. The van der Waals surface area contributed by atoms with Gasteiger partial charge in [-0.2, -0.15) is 0 Å². The first-order valence-electron chi connectivity index (χ1n) is 10.4. The SMILES string of the molecule is CN1CCN(c2ccc(NC(=S)NC(=O)c3ccc(-c4cccc([N+](=O)[O-])c4)o3)cc2)CC1. The van der Waals surface area contributed by atoms with Gasteiger partial charge in [-0.25, -0.2) is 0 Å². The maximum atomic E-state index is 12.5. The van der Waals surface area contributed by atoms with Crippen LogP contribution in [0.5, 0.6) is 0 Å². The van der Waals surface area contributed by atoms with Crippen molar-refractivity contribution >= 4 is 40.3 Å². The monoisotopic (exact) mass is 465 g/mol. The second-order valence-electron chi connectivity index (χ2n) is 7.72. The molecule has 2 N–H and O–H groups in total. The van der Waals surface area contributed by atoms with E-state index in [0.717, 1.165) is 37.6 Å². The van der Waals surface area contributed by atoms with Crippen LogP contribution in [-0.4, -0.2) is 54.1 Å². The summed E-state index contributed by atoms with van der Waals surface area (Å²) in [6.07, 6.45) is 0. The third-order valence-corrected chi connectivity index (χ3v) is 5.60. The molecule has 0 unspecified atom stereocenters. The fraction of sp³-hybridized carbons (Fsp3) is 0.217. The molecule has 9 nitrogen and oxygen atoms in total. The summed E-state index contributed by atoms with van der Waals surface area (Å²) in [5.74, 6) is -0.119. The smallest absolute Gasteiger partial charge is 0.293 e. The van der Waals surface area contributed by atoms with E-state index in [9.17, 15) is 14.9 Å². The molecule has 4 rings (SSSR count).